The molecular formula is C16H19NO. The molecule has 1 aromatic carbocycles. The molecule has 0 saturated heterocycles. The summed E-state index contributed by atoms with van der Waals surface area (Å²) >= 11 is 0. The molecule has 1 aromatic heterocycles. The fourth-order valence-corrected chi connectivity index (χ4v) is 3.00. The van der Waals surface area contributed by atoms with Crippen molar-refractivity contribution in [3.8, 4) is 0 Å². The summed E-state index contributed by atoms with van der Waals surface area (Å²) in [5.74, 6) is 0.730. The zero-order chi connectivity index (χ0) is 12.6. The van der Waals surface area contributed by atoms with Gasteiger partial charge in [0.2, 0.25) is 0 Å². The van der Waals surface area contributed by atoms with E-state index in [0.717, 1.165) is 47.9 Å². The summed E-state index contributed by atoms with van der Waals surface area (Å²) in [6, 6.07) is 8.18. The third-order valence-electron chi connectivity index (χ3n) is 4.27. The quantitative estimate of drug-likeness (QED) is 0.827. The molecule has 1 heterocycles. The maximum atomic E-state index is 10.9. The van der Waals surface area contributed by atoms with Crippen LogP contribution >= 0.6 is 0 Å². The van der Waals surface area contributed by atoms with Crippen LogP contribution < -0.4 is 0 Å². The number of hydrogen-bond acceptors (Lipinski definition) is 2. The molecule has 0 amide bonds. The highest BCUT2D eigenvalue weighted by atomic mass is 16.3. The molecule has 1 N–H and O–H groups in total. The zero-order valence-electron chi connectivity index (χ0n) is 10.8. The molecule has 1 fully saturated rings. The number of aromatic nitrogens is 1. The smallest absolute Gasteiger partial charge is 0.0917 e. The van der Waals surface area contributed by atoms with Gasteiger partial charge in [-0.25, -0.2) is 0 Å². The number of benzene rings is 1. The van der Waals surface area contributed by atoms with E-state index in [1.54, 1.807) is 0 Å². The van der Waals surface area contributed by atoms with Crippen LogP contribution in [0.4, 0.5) is 0 Å². The van der Waals surface area contributed by atoms with Crippen LogP contribution in [0.25, 0.3) is 10.8 Å². The van der Waals surface area contributed by atoms with E-state index in [4.69, 9.17) is 0 Å². The second-order valence-corrected chi connectivity index (χ2v) is 5.62. The van der Waals surface area contributed by atoms with Crippen molar-refractivity contribution in [2.24, 2.45) is 5.92 Å². The Bertz CT molecular complexity index is 551. The lowest BCUT2D eigenvalue weighted by Crippen LogP contribution is -2.31. The zero-order valence-corrected chi connectivity index (χ0v) is 10.8. The van der Waals surface area contributed by atoms with Gasteiger partial charge >= 0.3 is 0 Å². The minimum atomic E-state index is -0.680. The average Bonchev–Trinajstić information content (AvgIpc) is 2.42. The first-order valence-corrected chi connectivity index (χ1v) is 6.75. The molecule has 1 saturated carbocycles. The van der Waals surface area contributed by atoms with Gasteiger partial charge < -0.3 is 5.11 Å². The summed E-state index contributed by atoms with van der Waals surface area (Å²) in [5.41, 5.74) is 0.327. The Hall–Kier alpha value is -1.41. The minimum absolute atomic E-state index is 0.680. The standard InChI is InChI=1S/C16H19NO/c1-12-6-8-16(18,9-7-12)15-11-17-10-13-4-2-3-5-14(13)15/h2-5,10-12,18H,6-9H2,1H3. The molecule has 3 rings (SSSR count). The summed E-state index contributed by atoms with van der Waals surface area (Å²) in [6.45, 7) is 2.26. The molecule has 0 aliphatic heterocycles. The Kier molecular flexibility index (Phi) is 2.83. The van der Waals surface area contributed by atoms with Crippen LogP contribution in [-0.2, 0) is 5.60 Å². The van der Waals surface area contributed by atoms with Crippen LogP contribution in [0.3, 0.4) is 0 Å². The first kappa shape index (κ1) is 11.7. The summed E-state index contributed by atoms with van der Waals surface area (Å²) < 4.78 is 0. The van der Waals surface area contributed by atoms with E-state index >= 15 is 0 Å². The predicted molar refractivity (Wildman–Crippen MR) is 73.3 cm³/mol. The van der Waals surface area contributed by atoms with Gasteiger partial charge in [-0.1, -0.05) is 31.2 Å². The highest BCUT2D eigenvalue weighted by Gasteiger charge is 2.34. The monoisotopic (exact) mass is 241 g/mol. The van der Waals surface area contributed by atoms with Gasteiger partial charge in [-0.2, -0.15) is 0 Å². The minimum Gasteiger partial charge on any atom is -0.385 e. The molecule has 0 bridgehead atoms. The molecule has 1 aliphatic rings. The highest BCUT2D eigenvalue weighted by Crippen LogP contribution is 2.41. The molecule has 1 aliphatic carbocycles. The average molecular weight is 241 g/mol. The molecule has 2 heteroatoms. The van der Waals surface area contributed by atoms with Gasteiger partial charge in [-0.15, -0.1) is 0 Å². The Morgan fingerprint density at radius 3 is 2.67 bits per heavy atom. The predicted octanol–water partition coefficient (Wildman–Crippen LogP) is 3.63. The maximum absolute atomic E-state index is 10.9. The Balaban J connectivity index is 2.08. The summed E-state index contributed by atoms with van der Waals surface area (Å²) in [6.07, 6.45) is 7.61. The summed E-state index contributed by atoms with van der Waals surface area (Å²) in [4.78, 5) is 4.29. The van der Waals surface area contributed by atoms with Gasteiger partial charge in [0.05, 0.1) is 5.60 Å². The first-order valence-electron chi connectivity index (χ1n) is 6.75. The second-order valence-electron chi connectivity index (χ2n) is 5.62. The SMILES string of the molecule is CC1CCC(O)(c2cncc3ccccc23)CC1. The number of aliphatic hydroxyl groups is 1. The van der Waals surface area contributed by atoms with Crippen LogP contribution in [0.1, 0.15) is 38.2 Å². The van der Waals surface area contributed by atoms with Gasteiger partial charge in [0, 0.05) is 23.3 Å². The van der Waals surface area contributed by atoms with Crippen LogP contribution in [0.15, 0.2) is 36.7 Å². The third-order valence-corrected chi connectivity index (χ3v) is 4.27. The van der Waals surface area contributed by atoms with Crippen molar-refractivity contribution in [2.75, 3.05) is 0 Å². The molecular weight excluding hydrogens is 222 g/mol. The van der Waals surface area contributed by atoms with Crippen molar-refractivity contribution in [1.82, 2.24) is 4.98 Å². The normalized spacial score (nSPS) is 28.4. The number of fused-ring (bicyclic) bond motifs is 1. The second kappa shape index (κ2) is 4.36. The van der Waals surface area contributed by atoms with E-state index in [1.807, 2.05) is 24.5 Å². The van der Waals surface area contributed by atoms with E-state index < -0.39 is 5.60 Å². The topological polar surface area (TPSA) is 33.1 Å². The molecule has 94 valence electrons. The van der Waals surface area contributed by atoms with Crippen molar-refractivity contribution in [1.29, 1.82) is 0 Å². The summed E-state index contributed by atoms with van der Waals surface area (Å²) in [5, 5.41) is 13.2. The van der Waals surface area contributed by atoms with Crippen molar-refractivity contribution < 1.29 is 5.11 Å². The largest absolute Gasteiger partial charge is 0.385 e. The van der Waals surface area contributed by atoms with Crippen molar-refractivity contribution in [3.05, 3.63) is 42.2 Å². The van der Waals surface area contributed by atoms with E-state index in [9.17, 15) is 5.11 Å². The molecule has 18 heavy (non-hydrogen) atoms. The van der Waals surface area contributed by atoms with Crippen LogP contribution in [0.5, 0.6) is 0 Å². The van der Waals surface area contributed by atoms with Crippen molar-refractivity contribution in [2.45, 2.75) is 38.2 Å². The number of rotatable bonds is 1. The lowest BCUT2D eigenvalue weighted by Gasteiger charge is -2.35. The van der Waals surface area contributed by atoms with Gasteiger partial charge in [-0.3, -0.25) is 4.98 Å². The van der Waals surface area contributed by atoms with Gasteiger partial charge in [-0.05, 0) is 37.0 Å². The van der Waals surface area contributed by atoms with Crippen LogP contribution in [-0.4, -0.2) is 10.1 Å². The lowest BCUT2D eigenvalue weighted by atomic mass is 9.75. The molecule has 2 nitrogen and oxygen atoms in total. The van der Waals surface area contributed by atoms with Gasteiger partial charge in [0.1, 0.15) is 0 Å². The third kappa shape index (κ3) is 1.91. The van der Waals surface area contributed by atoms with E-state index in [2.05, 4.69) is 24.0 Å². The Morgan fingerprint density at radius 2 is 1.89 bits per heavy atom. The molecule has 0 atom stereocenters. The number of hydrogen-bond donors (Lipinski definition) is 1. The number of nitrogens with zero attached hydrogens (tertiary/aromatic N) is 1. The highest BCUT2D eigenvalue weighted by molar-refractivity contribution is 5.85. The Labute approximate surface area is 108 Å². The van der Waals surface area contributed by atoms with Crippen molar-refractivity contribution >= 4 is 10.8 Å². The first-order chi connectivity index (χ1) is 8.69. The van der Waals surface area contributed by atoms with Crippen LogP contribution in [0, 0.1) is 5.92 Å². The molecule has 0 spiro atoms. The summed E-state index contributed by atoms with van der Waals surface area (Å²) in [7, 11) is 0. The Morgan fingerprint density at radius 1 is 1.17 bits per heavy atom. The van der Waals surface area contributed by atoms with Crippen LogP contribution in [0.2, 0.25) is 0 Å². The number of pyridine rings is 1. The molecule has 2 aromatic rings. The van der Waals surface area contributed by atoms with E-state index in [1.165, 1.54) is 0 Å². The van der Waals surface area contributed by atoms with Crippen molar-refractivity contribution in [3.63, 3.8) is 0 Å². The van der Waals surface area contributed by atoms with E-state index in [0.29, 0.717) is 0 Å². The molecule has 0 radical (unpaired) electrons. The van der Waals surface area contributed by atoms with Gasteiger partial charge in [0.25, 0.3) is 0 Å². The fourth-order valence-electron chi connectivity index (χ4n) is 3.00. The maximum Gasteiger partial charge on any atom is 0.0917 e. The molecule has 0 unspecified atom stereocenters. The van der Waals surface area contributed by atoms with E-state index in [-0.39, 0.29) is 0 Å². The lowest BCUT2D eigenvalue weighted by molar-refractivity contribution is -0.0109. The van der Waals surface area contributed by atoms with Gasteiger partial charge in [0.15, 0.2) is 0 Å². The fraction of sp³-hybridized carbons (Fsp3) is 0.438.